The van der Waals surface area contributed by atoms with Gasteiger partial charge >= 0.3 is 0 Å². The van der Waals surface area contributed by atoms with Gasteiger partial charge in [0.25, 0.3) is 0 Å². The molecule has 5 nitrogen and oxygen atoms in total. The summed E-state index contributed by atoms with van der Waals surface area (Å²) >= 11 is 5.81. The van der Waals surface area contributed by atoms with Crippen LogP contribution in [0.2, 0.25) is 5.02 Å². The van der Waals surface area contributed by atoms with Crippen molar-refractivity contribution in [3.8, 4) is 0 Å². The summed E-state index contributed by atoms with van der Waals surface area (Å²) in [5.74, 6) is 0. The van der Waals surface area contributed by atoms with Crippen molar-refractivity contribution in [3.63, 3.8) is 0 Å². The number of primary sulfonamides is 1. The molecule has 2 N–H and O–H groups in total. The minimum atomic E-state index is -3.79. The molecule has 0 fully saturated rings. The van der Waals surface area contributed by atoms with E-state index in [1.165, 1.54) is 12.4 Å². The number of pyridine rings is 1. The molecular formula is C7H10ClN3O2S. The molecule has 0 saturated heterocycles. The average Bonchev–Trinajstić information content (AvgIpc) is 2.01. The Kier molecular flexibility index (Phi) is 2.98. The first-order chi connectivity index (χ1) is 6.34. The molecule has 78 valence electrons. The van der Waals surface area contributed by atoms with Crippen molar-refractivity contribution in [1.82, 2.24) is 4.98 Å². The van der Waals surface area contributed by atoms with Gasteiger partial charge in [0.05, 0.1) is 10.7 Å². The zero-order valence-corrected chi connectivity index (χ0v) is 9.30. The Balaban J connectivity index is 3.52. The molecular weight excluding hydrogens is 226 g/mol. The van der Waals surface area contributed by atoms with Gasteiger partial charge in [0.2, 0.25) is 10.0 Å². The van der Waals surface area contributed by atoms with Crippen LogP contribution in [0.3, 0.4) is 0 Å². The predicted molar refractivity (Wildman–Crippen MR) is 54.9 cm³/mol. The molecule has 1 aromatic heterocycles. The van der Waals surface area contributed by atoms with Crippen molar-refractivity contribution in [2.24, 2.45) is 5.14 Å². The highest BCUT2D eigenvalue weighted by atomic mass is 35.5. The van der Waals surface area contributed by atoms with Gasteiger partial charge < -0.3 is 4.90 Å². The van der Waals surface area contributed by atoms with Crippen molar-refractivity contribution in [2.75, 3.05) is 19.0 Å². The van der Waals surface area contributed by atoms with Crippen molar-refractivity contribution in [1.29, 1.82) is 0 Å². The molecule has 1 aromatic rings. The fourth-order valence-electron chi connectivity index (χ4n) is 1.05. The second-order valence-corrected chi connectivity index (χ2v) is 4.84. The summed E-state index contributed by atoms with van der Waals surface area (Å²) in [5, 5.41) is 5.26. The molecule has 0 aliphatic heterocycles. The monoisotopic (exact) mass is 235 g/mol. The molecule has 14 heavy (non-hydrogen) atoms. The van der Waals surface area contributed by atoms with E-state index in [9.17, 15) is 8.42 Å². The van der Waals surface area contributed by atoms with E-state index in [1.54, 1.807) is 19.0 Å². The van der Waals surface area contributed by atoms with Gasteiger partial charge in [-0.25, -0.2) is 13.6 Å². The zero-order chi connectivity index (χ0) is 10.9. The maximum absolute atomic E-state index is 11.2. The highest BCUT2D eigenvalue weighted by Crippen LogP contribution is 2.29. The zero-order valence-electron chi connectivity index (χ0n) is 7.73. The van der Waals surface area contributed by atoms with Crippen LogP contribution in [0.4, 0.5) is 5.69 Å². The summed E-state index contributed by atoms with van der Waals surface area (Å²) in [5.41, 5.74) is 0.351. The van der Waals surface area contributed by atoms with E-state index in [4.69, 9.17) is 16.7 Å². The molecule has 0 spiro atoms. The molecule has 0 unspecified atom stereocenters. The van der Waals surface area contributed by atoms with Crippen molar-refractivity contribution < 1.29 is 8.42 Å². The number of aromatic nitrogens is 1. The lowest BCUT2D eigenvalue weighted by atomic mass is 10.4. The number of nitrogens with zero attached hydrogens (tertiary/aromatic N) is 2. The summed E-state index contributed by atoms with van der Waals surface area (Å²) in [4.78, 5) is 5.18. The summed E-state index contributed by atoms with van der Waals surface area (Å²) in [7, 11) is -0.437. The number of sulfonamides is 1. The number of hydrogen-bond donors (Lipinski definition) is 1. The van der Waals surface area contributed by atoms with Gasteiger partial charge in [-0.2, -0.15) is 0 Å². The van der Waals surface area contributed by atoms with Crippen LogP contribution in [0.15, 0.2) is 17.3 Å². The molecule has 0 saturated carbocycles. The molecule has 0 amide bonds. The first-order valence-electron chi connectivity index (χ1n) is 3.67. The fraction of sp³-hybridized carbons (Fsp3) is 0.286. The molecule has 7 heteroatoms. The molecule has 0 aliphatic carbocycles. The van der Waals surface area contributed by atoms with Gasteiger partial charge in [0, 0.05) is 26.5 Å². The van der Waals surface area contributed by atoms with Crippen LogP contribution in [0.1, 0.15) is 0 Å². The Morgan fingerprint density at radius 3 is 2.36 bits per heavy atom. The quantitative estimate of drug-likeness (QED) is 0.808. The number of anilines is 1. The summed E-state index contributed by atoms with van der Waals surface area (Å²) in [6, 6.07) is 0. The fourth-order valence-corrected chi connectivity index (χ4v) is 2.21. The maximum Gasteiger partial charge on any atom is 0.241 e. The van der Waals surface area contributed by atoms with Gasteiger partial charge in [-0.05, 0) is 0 Å². The highest BCUT2D eigenvalue weighted by molar-refractivity contribution is 7.89. The smallest absolute Gasteiger partial charge is 0.241 e. The Labute approximate surface area is 87.5 Å². The summed E-state index contributed by atoms with van der Waals surface area (Å²) < 4.78 is 22.3. The van der Waals surface area contributed by atoms with E-state index in [1.807, 2.05) is 0 Å². The second-order valence-electron chi connectivity index (χ2n) is 2.91. The number of halogens is 1. The summed E-state index contributed by atoms with van der Waals surface area (Å²) in [6.45, 7) is 0. The lowest BCUT2D eigenvalue weighted by Gasteiger charge is -2.16. The first kappa shape index (κ1) is 11.2. The van der Waals surface area contributed by atoms with E-state index in [0.717, 1.165) is 0 Å². The molecule has 0 aromatic carbocycles. The predicted octanol–water partition coefficient (Wildman–Crippen LogP) is 0.448. The molecule has 0 atom stereocenters. The topological polar surface area (TPSA) is 76.3 Å². The SMILES string of the molecule is CN(C)c1c(Cl)cncc1S(N)(=O)=O. The Morgan fingerprint density at radius 2 is 2.00 bits per heavy atom. The van der Waals surface area contributed by atoms with Crippen LogP contribution in [0.5, 0.6) is 0 Å². The highest BCUT2D eigenvalue weighted by Gasteiger charge is 2.18. The maximum atomic E-state index is 11.2. The Morgan fingerprint density at radius 1 is 1.43 bits per heavy atom. The normalized spacial score (nSPS) is 11.4. The third kappa shape index (κ3) is 2.14. The Hall–Kier alpha value is -0.850. The first-order valence-corrected chi connectivity index (χ1v) is 5.60. The Bertz CT molecular complexity index is 444. The third-order valence-electron chi connectivity index (χ3n) is 1.59. The summed E-state index contributed by atoms with van der Waals surface area (Å²) in [6.07, 6.45) is 2.54. The number of hydrogen-bond acceptors (Lipinski definition) is 4. The van der Waals surface area contributed by atoms with Gasteiger partial charge in [0.1, 0.15) is 4.90 Å². The van der Waals surface area contributed by atoms with Crippen molar-refractivity contribution in [2.45, 2.75) is 4.90 Å². The second kappa shape index (κ2) is 3.72. The van der Waals surface area contributed by atoms with Crippen LogP contribution in [0.25, 0.3) is 0 Å². The lowest BCUT2D eigenvalue weighted by Crippen LogP contribution is -2.19. The standard InChI is InChI=1S/C7H10ClN3O2S/c1-11(2)7-5(8)3-10-4-6(7)14(9,12)13/h3-4H,1-2H3,(H2,9,12,13). The minimum Gasteiger partial charge on any atom is -0.375 e. The van der Waals surface area contributed by atoms with Crippen molar-refractivity contribution >= 4 is 27.3 Å². The van der Waals surface area contributed by atoms with E-state index in [0.29, 0.717) is 5.69 Å². The number of rotatable bonds is 2. The minimum absolute atomic E-state index is 0.0741. The molecule has 0 bridgehead atoms. The average molecular weight is 236 g/mol. The van der Waals surface area contributed by atoms with E-state index in [2.05, 4.69) is 4.98 Å². The van der Waals surface area contributed by atoms with Gasteiger partial charge in [-0.1, -0.05) is 11.6 Å². The molecule has 1 rings (SSSR count). The van der Waals surface area contributed by atoms with Crippen LogP contribution in [0, 0.1) is 0 Å². The van der Waals surface area contributed by atoms with Gasteiger partial charge in [0.15, 0.2) is 0 Å². The molecule has 1 heterocycles. The van der Waals surface area contributed by atoms with Crippen LogP contribution >= 0.6 is 11.6 Å². The van der Waals surface area contributed by atoms with E-state index < -0.39 is 10.0 Å². The van der Waals surface area contributed by atoms with Crippen LogP contribution < -0.4 is 10.0 Å². The van der Waals surface area contributed by atoms with Gasteiger partial charge in [-0.3, -0.25) is 4.98 Å². The largest absolute Gasteiger partial charge is 0.375 e. The van der Waals surface area contributed by atoms with Crippen LogP contribution in [-0.4, -0.2) is 27.5 Å². The van der Waals surface area contributed by atoms with Crippen LogP contribution in [-0.2, 0) is 10.0 Å². The van der Waals surface area contributed by atoms with E-state index >= 15 is 0 Å². The van der Waals surface area contributed by atoms with Crippen molar-refractivity contribution in [3.05, 3.63) is 17.4 Å². The third-order valence-corrected chi connectivity index (χ3v) is 2.78. The number of nitrogens with two attached hydrogens (primary N) is 1. The lowest BCUT2D eigenvalue weighted by molar-refractivity contribution is 0.597. The molecule has 0 radical (unpaired) electrons. The van der Waals surface area contributed by atoms with Gasteiger partial charge in [-0.15, -0.1) is 0 Å². The van der Waals surface area contributed by atoms with E-state index in [-0.39, 0.29) is 9.92 Å². The molecule has 0 aliphatic rings.